The summed E-state index contributed by atoms with van der Waals surface area (Å²) in [6, 6.07) is 7.70. The molecule has 0 amide bonds. The van der Waals surface area contributed by atoms with E-state index in [1.54, 1.807) is 23.6 Å². The maximum atomic E-state index is 13.0. The lowest BCUT2D eigenvalue weighted by Crippen LogP contribution is -3.14. The lowest BCUT2D eigenvalue weighted by Gasteiger charge is -2.23. The topological polar surface area (TPSA) is 71.8 Å². The fraction of sp³-hybridized carbons (Fsp3) is 0.455. The van der Waals surface area contributed by atoms with E-state index < -0.39 is 0 Å². The Bertz CT molecular complexity index is 1150. The minimum absolute atomic E-state index is 0.267. The van der Waals surface area contributed by atoms with Crippen molar-refractivity contribution >= 4 is 10.9 Å². The quantitative estimate of drug-likeness (QED) is 0.619. The molecule has 1 aromatic carbocycles. The Hall–Kier alpha value is -2.84. The number of benzene rings is 1. The van der Waals surface area contributed by atoms with E-state index >= 15 is 0 Å². The average Bonchev–Trinajstić information content (AvgIpc) is 3.16. The lowest BCUT2D eigenvalue weighted by atomic mass is 10.1. The average molecular weight is 413 g/mol. The van der Waals surface area contributed by atoms with Gasteiger partial charge in [-0.25, -0.2) is 4.79 Å². The summed E-state index contributed by atoms with van der Waals surface area (Å²) in [4.78, 5) is 27.0. The van der Waals surface area contributed by atoms with Crippen LogP contribution in [0.25, 0.3) is 22.2 Å². The van der Waals surface area contributed by atoms with Crippen LogP contribution in [0, 0.1) is 0 Å². The normalized spacial score (nSPS) is 15.0. The molecule has 1 aliphatic rings. The van der Waals surface area contributed by atoms with Gasteiger partial charge in [0.15, 0.2) is 0 Å². The number of fused-ring (bicyclic) bond motifs is 1. The second kappa shape index (κ2) is 8.49. The van der Waals surface area contributed by atoms with Crippen LogP contribution in [0.5, 0.6) is 5.75 Å². The Morgan fingerprint density at radius 3 is 2.43 bits per heavy atom. The number of nitrogens with one attached hydrogen (secondary N) is 1. The Labute approximate surface area is 174 Å². The molecule has 1 N–H and O–H groups in total. The third kappa shape index (κ3) is 3.68. The predicted molar refractivity (Wildman–Crippen MR) is 115 cm³/mol. The van der Waals surface area contributed by atoms with Crippen molar-refractivity contribution in [2.75, 3.05) is 40.0 Å². The molecule has 1 fully saturated rings. The van der Waals surface area contributed by atoms with Gasteiger partial charge in [0.2, 0.25) is 0 Å². The number of methoxy groups -OCH3 is 1. The highest BCUT2D eigenvalue weighted by molar-refractivity contribution is 5.93. The van der Waals surface area contributed by atoms with Gasteiger partial charge >= 0.3 is 5.69 Å². The standard InChI is InChI=1S/C22H28N4O4/c1-23-18-15-26(10-4-9-25-11-13-30-14-12-25)20(16-5-7-17(29-3)8-6-16)19(18)21(27)24(2)22(23)28/h5-8,15H,4,9-14H2,1-3H3/p+1. The summed E-state index contributed by atoms with van der Waals surface area (Å²) in [5.74, 6) is 0.761. The molecule has 0 spiro atoms. The smallest absolute Gasteiger partial charge is 0.330 e. The molecule has 160 valence electrons. The van der Waals surface area contributed by atoms with Crippen molar-refractivity contribution in [1.82, 2.24) is 13.7 Å². The van der Waals surface area contributed by atoms with Crippen LogP contribution in [0.2, 0.25) is 0 Å². The number of quaternary nitrogens is 1. The molecule has 4 rings (SSSR count). The molecule has 0 atom stereocenters. The van der Waals surface area contributed by atoms with Crippen LogP contribution in [-0.4, -0.2) is 53.7 Å². The molecule has 1 saturated heterocycles. The molecule has 0 bridgehead atoms. The highest BCUT2D eigenvalue weighted by Crippen LogP contribution is 2.29. The van der Waals surface area contributed by atoms with Gasteiger partial charge in [-0.2, -0.15) is 0 Å². The monoisotopic (exact) mass is 413 g/mol. The van der Waals surface area contributed by atoms with Crippen molar-refractivity contribution < 1.29 is 14.4 Å². The van der Waals surface area contributed by atoms with E-state index in [9.17, 15) is 9.59 Å². The van der Waals surface area contributed by atoms with Crippen molar-refractivity contribution in [3.05, 3.63) is 51.3 Å². The second-order valence-corrected chi connectivity index (χ2v) is 7.83. The van der Waals surface area contributed by atoms with E-state index in [0.717, 1.165) is 62.8 Å². The van der Waals surface area contributed by atoms with Crippen LogP contribution in [0.4, 0.5) is 0 Å². The molecular formula is C22H29N4O4+. The van der Waals surface area contributed by atoms with Gasteiger partial charge in [0, 0.05) is 33.3 Å². The van der Waals surface area contributed by atoms with E-state index in [1.807, 2.05) is 30.5 Å². The molecule has 1 aliphatic heterocycles. The van der Waals surface area contributed by atoms with Gasteiger partial charge in [-0.15, -0.1) is 0 Å². The molecule has 0 aliphatic carbocycles. The summed E-state index contributed by atoms with van der Waals surface area (Å²) >= 11 is 0. The molecule has 3 aromatic rings. The Morgan fingerprint density at radius 2 is 1.77 bits per heavy atom. The lowest BCUT2D eigenvalue weighted by molar-refractivity contribution is -0.908. The number of rotatable bonds is 6. The fourth-order valence-electron chi connectivity index (χ4n) is 4.23. The maximum absolute atomic E-state index is 13.0. The number of nitrogens with zero attached hydrogens (tertiary/aromatic N) is 3. The number of aromatic nitrogens is 3. The molecule has 8 nitrogen and oxygen atoms in total. The third-order valence-corrected chi connectivity index (χ3v) is 6.00. The molecule has 2 aromatic heterocycles. The van der Waals surface area contributed by atoms with Gasteiger partial charge in [-0.05, 0) is 29.8 Å². The number of morpholine rings is 1. The first kappa shape index (κ1) is 20.4. The van der Waals surface area contributed by atoms with E-state index in [-0.39, 0.29) is 11.2 Å². The van der Waals surface area contributed by atoms with Gasteiger partial charge in [0.05, 0.1) is 43.5 Å². The summed E-state index contributed by atoms with van der Waals surface area (Å²) in [5.41, 5.74) is 1.86. The summed E-state index contributed by atoms with van der Waals surface area (Å²) in [6.07, 6.45) is 2.92. The Balaban J connectivity index is 1.77. The molecule has 0 unspecified atom stereocenters. The largest absolute Gasteiger partial charge is 0.497 e. The number of hydrogen-bond acceptors (Lipinski definition) is 4. The molecule has 0 saturated carbocycles. The van der Waals surface area contributed by atoms with Crippen LogP contribution in [0.15, 0.2) is 40.1 Å². The van der Waals surface area contributed by atoms with Crippen molar-refractivity contribution in [2.24, 2.45) is 14.1 Å². The number of aryl methyl sites for hydroxylation is 2. The van der Waals surface area contributed by atoms with E-state index in [1.165, 1.54) is 11.6 Å². The van der Waals surface area contributed by atoms with Gasteiger partial charge in [0.1, 0.15) is 18.8 Å². The Kier molecular flexibility index (Phi) is 5.78. The molecular weight excluding hydrogens is 384 g/mol. The minimum atomic E-state index is -0.316. The van der Waals surface area contributed by atoms with Gasteiger partial charge in [-0.3, -0.25) is 13.9 Å². The highest BCUT2D eigenvalue weighted by Gasteiger charge is 2.20. The fourth-order valence-corrected chi connectivity index (χ4v) is 4.23. The summed E-state index contributed by atoms with van der Waals surface area (Å²) < 4.78 is 15.6. The van der Waals surface area contributed by atoms with Crippen LogP contribution in [0.3, 0.4) is 0 Å². The first-order valence-electron chi connectivity index (χ1n) is 10.4. The van der Waals surface area contributed by atoms with Crippen LogP contribution in [-0.2, 0) is 25.4 Å². The molecule has 30 heavy (non-hydrogen) atoms. The van der Waals surface area contributed by atoms with Crippen molar-refractivity contribution in [3.63, 3.8) is 0 Å². The third-order valence-electron chi connectivity index (χ3n) is 6.00. The maximum Gasteiger partial charge on any atom is 0.330 e. The van der Waals surface area contributed by atoms with Crippen LogP contribution >= 0.6 is 0 Å². The molecule has 3 heterocycles. The van der Waals surface area contributed by atoms with E-state index in [0.29, 0.717) is 10.9 Å². The van der Waals surface area contributed by atoms with Gasteiger partial charge in [0.25, 0.3) is 5.56 Å². The zero-order valence-electron chi connectivity index (χ0n) is 17.8. The van der Waals surface area contributed by atoms with Crippen molar-refractivity contribution in [3.8, 4) is 17.0 Å². The van der Waals surface area contributed by atoms with Crippen LogP contribution in [0.1, 0.15) is 6.42 Å². The summed E-state index contributed by atoms with van der Waals surface area (Å²) in [7, 11) is 4.87. The second-order valence-electron chi connectivity index (χ2n) is 7.83. The molecule has 8 heteroatoms. The predicted octanol–water partition coefficient (Wildman–Crippen LogP) is 0.0195. The summed E-state index contributed by atoms with van der Waals surface area (Å²) in [6.45, 7) is 5.53. The van der Waals surface area contributed by atoms with Crippen molar-refractivity contribution in [2.45, 2.75) is 13.0 Å². The van der Waals surface area contributed by atoms with E-state index in [4.69, 9.17) is 9.47 Å². The SMILES string of the molecule is COc1ccc(-c2c3c(=O)n(C)c(=O)n(C)c3cn2CCC[NH+]2CCOCC2)cc1. The van der Waals surface area contributed by atoms with Gasteiger partial charge in [-0.1, -0.05) is 0 Å². The molecule has 0 radical (unpaired) electrons. The number of hydrogen-bond donors (Lipinski definition) is 1. The van der Waals surface area contributed by atoms with E-state index in [2.05, 4.69) is 4.57 Å². The first-order chi connectivity index (χ1) is 14.5. The summed E-state index contributed by atoms with van der Waals surface area (Å²) in [5, 5.41) is 0.573. The van der Waals surface area contributed by atoms with Crippen LogP contribution < -0.4 is 20.9 Å². The first-order valence-corrected chi connectivity index (χ1v) is 10.4. The van der Waals surface area contributed by atoms with Crippen molar-refractivity contribution in [1.29, 1.82) is 0 Å². The zero-order valence-corrected chi connectivity index (χ0v) is 17.8. The Morgan fingerprint density at radius 1 is 1.07 bits per heavy atom. The van der Waals surface area contributed by atoms with Gasteiger partial charge < -0.3 is 18.9 Å². The zero-order chi connectivity index (χ0) is 21.3. The number of ether oxygens (including phenoxy) is 2. The minimum Gasteiger partial charge on any atom is -0.497 e. The highest BCUT2D eigenvalue weighted by atomic mass is 16.5.